The standard InChI is InChI=1S/C34H36ClN3O4S/c1-3-24(2)36-34(40)30(22-25-11-5-4-6-12-25)37(23-26-13-7-16-28(35)21-26)32(39)19-10-20-38-29-17-8-14-27-15-9-18-31(33(27)29)43(38,41)42/h4-9,11-18,21,24,30H,3,10,19-20,22-23H2,1-2H3,(H,36,40)/t24-,30+/m0/s1. The second kappa shape index (κ2) is 13.2. The summed E-state index contributed by atoms with van der Waals surface area (Å²) in [7, 11) is -3.73. The van der Waals surface area contributed by atoms with Gasteiger partial charge < -0.3 is 10.2 Å². The summed E-state index contributed by atoms with van der Waals surface area (Å²) in [5, 5.41) is 5.19. The van der Waals surface area contributed by atoms with Crippen LogP contribution in [0.15, 0.2) is 95.9 Å². The summed E-state index contributed by atoms with van der Waals surface area (Å²) in [6.45, 7) is 4.28. The number of hydrogen-bond acceptors (Lipinski definition) is 4. The molecule has 5 rings (SSSR count). The molecule has 1 N–H and O–H groups in total. The minimum atomic E-state index is -3.73. The number of nitrogens with one attached hydrogen (secondary N) is 1. The Bertz CT molecular complexity index is 1720. The lowest BCUT2D eigenvalue weighted by atomic mass is 10.0. The van der Waals surface area contributed by atoms with Crippen LogP contribution in [0.25, 0.3) is 10.8 Å². The van der Waals surface area contributed by atoms with Gasteiger partial charge in [0, 0.05) is 42.4 Å². The van der Waals surface area contributed by atoms with E-state index in [2.05, 4.69) is 5.32 Å². The molecular weight excluding hydrogens is 582 g/mol. The van der Waals surface area contributed by atoms with E-state index in [9.17, 15) is 18.0 Å². The zero-order valence-electron chi connectivity index (χ0n) is 24.4. The van der Waals surface area contributed by atoms with Crippen molar-refractivity contribution in [3.8, 4) is 0 Å². The molecule has 4 aromatic rings. The van der Waals surface area contributed by atoms with Crippen molar-refractivity contribution in [2.24, 2.45) is 0 Å². The third-order valence-corrected chi connectivity index (χ3v) is 10.0. The van der Waals surface area contributed by atoms with Crippen molar-refractivity contribution in [1.82, 2.24) is 10.2 Å². The van der Waals surface area contributed by atoms with Crippen molar-refractivity contribution < 1.29 is 18.0 Å². The van der Waals surface area contributed by atoms with Crippen LogP contribution < -0.4 is 9.62 Å². The molecule has 0 spiro atoms. The number of carbonyl (C=O) groups is 2. The first-order valence-corrected chi connectivity index (χ1v) is 16.4. The smallest absolute Gasteiger partial charge is 0.265 e. The maximum atomic E-state index is 14.0. The SMILES string of the molecule is CC[C@H](C)NC(=O)[C@@H](Cc1ccccc1)N(Cc1cccc(Cl)c1)C(=O)CCCN1c2cccc3cccc(c23)S1(=O)=O. The molecule has 224 valence electrons. The van der Waals surface area contributed by atoms with Crippen molar-refractivity contribution in [3.05, 3.63) is 107 Å². The van der Waals surface area contributed by atoms with Gasteiger partial charge in [-0.15, -0.1) is 0 Å². The van der Waals surface area contributed by atoms with Crippen LogP contribution in [0.3, 0.4) is 0 Å². The lowest BCUT2D eigenvalue weighted by Gasteiger charge is -2.32. The van der Waals surface area contributed by atoms with Gasteiger partial charge in [0.2, 0.25) is 11.8 Å². The molecule has 1 aliphatic rings. The fourth-order valence-electron chi connectivity index (χ4n) is 5.54. The minimum Gasteiger partial charge on any atom is -0.352 e. The lowest BCUT2D eigenvalue weighted by Crippen LogP contribution is -2.52. The van der Waals surface area contributed by atoms with Crippen molar-refractivity contribution in [3.63, 3.8) is 0 Å². The predicted octanol–water partition coefficient (Wildman–Crippen LogP) is 6.34. The summed E-state index contributed by atoms with van der Waals surface area (Å²) in [6, 6.07) is 26.9. The molecule has 2 atom stereocenters. The molecule has 0 aromatic heterocycles. The summed E-state index contributed by atoms with van der Waals surface area (Å²) in [4.78, 5) is 29.6. The maximum Gasteiger partial charge on any atom is 0.265 e. The van der Waals surface area contributed by atoms with E-state index in [1.54, 1.807) is 35.2 Å². The van der Waals surface area contributed by atoms with Gasteiger partial charge in [-0.2, -0.15) is 0 Å². The molecule has 7 nitrogen and oxygen atoms in total. The molecule has 0 radical (unpaired) electrons. The van der Waals surface area contributed by atoms with Crippen LogP contribution in [0.2, 0.25) is 5.02 Å². The average molecular weight is 618 g/mol. The second-order valence-electron chi connectivity index (χ2n) is 11.0. The highest BCUT2D eigenvalue weighted by molar-refractivity contribution is 7.93. The molecule has 1 heterocycles. The van der Waals surface area contributed by atoms with Crippen molar-refractivity contribution in [2.75, 3.05) is 10.8 Å². The zero-order valence-corrected chi connectivity index (χ0v) is 25.9. The lowest BCUT2D eigenvalue weighted by molar-refractivity contribution is -0.141. The van der Waals surface area contributed by atoms with Crippen LogP contribution in [-0.2, 0) is 32.6 Å². The normalized spacial score (nSPS) is 14.8. The molecule has 0 saturated heterocycles. The monoisotopic (exact) mass is 617 g/mol. The predicted molar refractivity (Wildman–Crippen MR) is 172 cm³/mol. The van der Waals surface area contributed by atoms with Gasteiger partial charge in [0.15, 0.2) is 0 Å². The first-order valence-electron chi connectivity index (χ1n) is 14.6. The van der Waals surface area contributed by atoms with Gasteiger partial charge in [0.1, 0.15) is 6.04 Å². The Morgan fingerprint density at radius 1 is 0.930 bits per heavy atom. The van der Waals surface area contributed by atoms with Gasteiger partial charge in [-0.25, -0.2) is 8.42 Å². The number of anilines is 1. The highest BCUT2D eigenvalue weighted by atomic mass is 35.5. The molecule has 4 aromatic carbocycles. The third-order valence-electron chi connectivity index (χ3n) is 7.95. The van der Waals surface area contributed by atoms with E-state index in [4.69, 9.17) is 11.6 Å². The Labute approximate surface area is 258 Å². The fourth-order valence-corrected chi connectivity index (χ4v) is 7.51. The van der Waals surface area contributed by atoms with Crippen LogP contribution in [0.4, 0.5) is 5.69 Å². The Morgan fingerprint density at radius 2 is 1.63 bits per heavy atom. The van der Waals surface area contributed by atoms with Crippen molar-refractivity contribution in [1.29, 1.82) is 0 Å². The maximum absolute atomic E-state index is 14.0. The number of sulfonamides is 1. The van der Waals surface area contributed by atoms with E-state index in [0.717, 1.165) is 22.9 Å². The Hall–Kier alpha value is -3.88. The molecule has 0 aliphatic carbocycles. The van der Waals surface area contributed by atoms with E-state index >= 15 is 0 Å². The Morgan fingerprint density at radius 3 is 2.35 bits per heavy atom. The van der Waals surface area contributed by atoms with E-state index in [1.807, 2.05) is 74.5 Å². The number of hydrogen-bond donors (Lipinski definition) is 1. The fraction of sp³-hybridized carbons (Fsp3) is 0.294. The molecule has 0 fully saturated rings. The van der Waals surface area contributed by atoms with Crippen LogP contribution in [0, 0.1) is 0 Å². The van der Waals surface area contributed by atoms with E-state index in [0.29, 0.717) is 33.8 Å². The molecular formula is C34H36ClN3O4S. The largest absolute Gasteiger partial charge is 0.352 e. The van der Waals surface area contributed by atoms with E-state index in [1.165, 1.54) is 4.31 Å². The number of rotatable bonds is 12. The average Bonchev–Trinajstić information content (AvgIpc) is 3.22. The van der Waals surface area contributed by atoms with E-state index in [-0.39, 0.29) is 37.4 Å². The van der Waals surface area contributed by atoms with Crippen LogP contribution in [-0.4, -0.2) is 43.8 Å². The first-order chi connectivity index (χ1) is 20.7. The highest BCUT2D eigenvalue weighted by Gasteiger charge is 2.36. The van der Waals surface area contributed by atoms with Gasteiger partial charge in [0.25, 0.3) is 10.0 Å². The summed E-state index contributed by atoms with van der Waals surface area (Å²) >= 11 is 6.28. The highest BCUT2D eigenvalue weighted by Crippen LogP contribution is 2.42. The van der Waals surface area contributed by atoms with Crippen molar-refractivity contribution in [2.45, 2.75) is 63.1 Å². The second-order valence-corrected chi connectivity index (χ2v) is 13.3. The van der Waals surface area contributed by atoms with Gasteiger partial charge in [-0.05, 0) is 60.5 Å². The van der Waals surface area contributed by atoms with Crippen LogP contribution in [0.5, 0.6) is 0 Å². The molecule has 0 unspecified atom stereocenters. The minimum absolute atomic E-state index is 0.0568. The third kappa shape index (κ3) is 6.71. The van der Waals surface area contributed by atoms with Crippen LogP contribution in [0.1, 0.15) is 44.2 Å². The summed E-state index contributed by atoms with van der Waals surface area (Å²) in [5.41, 5.74) is 2.37. The molecule has 0 saturated carbocycles. The molecule has 1 aliphatic heterocycles. The Kier molecular flexibility index (Phi) is 9.37. The quantitative estimate of drug-likeness (QED) is 0.201. The van der Waals surface area contributed by atoms with Gasteiger partial charge in [-0.3, -0.25) is 13.9 Å². The van der Waals surface area contributed by atoms with Crippen molar-refractivity contribution >= 4 is 49.9 Å². The van der Waals surface area contributed by atoms with E-state index < -0.39 is 16.1 Å². The number of carbonyl (C=O) groups excluding carboxylic acids is 2. The summed E-state index contributed by atoms with van der Waals surface area (Å²) in [5.74, 6) is -0.453. The first kappa shape index (κ1) is 30.6. The summed E-state index contributed by atoms with van der Waals surface area (Å²) in [6.07, 6.45) is 1.46. The zero-order chi connectivity index (χ0) is 30.6. The number of amides is 2. The molecule has 2 amide bonds. The molecule has 43 heavy (non-hydrogen) atoms. The summed E-state index contributed by atoms with van der Waals surface area (Å²) < 4.78 is 28.3. The number of halogens is 1. The molecule has 9 heteroatoms. The van der Waals surface area contributed by atoms with Gasteiger partial charge in [-0.1, -0.05) is 85.3 Å². The van der Waals surface area contributed by atoms with Gasteiger partial charge in [0.05, 0.1) is 10.6 Å². The Balaban J connectivity index is 1.40. The topological polar surface area (TPSA) is 86.8 Å². The molecule has 0 bridgehead atoms. The van der Waals surface area contributed by atoms with Crippen LogP contribution >= 0.6 is 11.6 Å². The number of nitrogens with zero attached hydrogens (tertiary/aromatic N) is 2. The van der Waals surface area contributed by atoms with Gasteiger partial charge >= 0.3 is 0 Å². The number of benzene rings is 4.